The van der Waals surface area contributed by atoms with Gasteiger partial charge in [0, 0.05) is 18.0 Å². The molecule has 16 heavy (non-hydrogen) atoms. The smallest absolute Gasteiger partial charge is 0.0868 e. The molecule has 3 aromatic rings. The minimum Gasteiger partial charge on any atom is -0.256 e. The van der Waals surface area contributed by atoms with Gasteiger partial charge in [-0.3, -0.25) is 4.98 Å². The van der Waals surface area contributed by atoms with Gasteiger partial charge in [0.15, 0.2) is 0 Å². The highest BCUT2D eigenvalue weighted by atomic mass is 15.3. The van der Waals surface area contributed by atoms with Crippen LogP contribution in [0.25, 0.3) is 10.9 Å². The van der Waals surface area contributed by atoms with Crippen molar-refractivity contribution in [2.24, 2.45) is 0 Å². The summed E-state index contributed by atoms with van der Waals surface area (Å²) in [6, 6.07) is 10.3. The van der Waals surface area contributed by atoms with E-state index in [4.69, 9.17) is 0 Å². The van der Waals surface area contributed by atoms with E-state index in [2.05, 4.69) is 38.6 Å². The molecular weight excluding hydrogens is 200 g/mol. The van der Waals surface area contributed by atoms with Crippen LogP contribution in [0, 0.1) is 0 Å². The second-order valence-electron chi connectivity index (χ2n) is 3.67. The largest absolute Gasteiger partial charge is 0.256 e. The molecule has 0 aliphatic heterocycles. The van der Waals surface area contributed by atoms with Gasteiger partial charge >= 0.3 is 0 Å². The van der Waals surface area contributed by atoms with Crippen molar-refractivity contribution in [1.82, 2.24) is 20.4 Å². The molecule has 2 aromatic heterocycles. The summed E-state index contributed by atoms with van der Waals surface area (Å²) >= 11 is 0. The molecule has 0 radical (unpaired) electrons. The van der Waals surface area contributed by atoms with Gasteiger partial charge in [-0.05, 0) is 23.8 Å². The SMILES string of the molecule is c1cnc2ccc(Cc3cn[nH]n3)cc2c1. The molecule has 0 aliphatic carbocycles. The molecule has 0 aliphatic rings. The van der Waals surface area contributed by atoms with Crippen LogP contribution in [0.2, 0.25) is 0 Å². The van der Waals surface area contributed by atoms with Crippen molar-refractivity contribution in [3.63, 3.8) is 0 Å². The fourth-order valence-electron chi connectivity index (χ4n) is 1.75. The van der Waals surface area contributed by atoms with Crippen molar-refractivity contribution in [1.29, 1.82) is 0 Å². The molecule has 0 unspecified atom stereocenters. The minimum absolute atomic E-state index is 0.793. The molecule has 0 bridgehead atoms. The monoisotopic (exact) mass is 210 g/mol. The van der Waals surface area contributed by atoms with E-state index < -0.39 is 0 Å². The number of hydrogen-bond acceptors (Lipinski definition) is 3. The summed E-state index contributed by atoms with van der Waals surface area (Å²) in [7, 11) is 0. The van der Waals surface area contributed by atoms with Crippen LogP contribution in [-0.2, 0) is 6.42 Å². The Hall–Kier alpha value is -2.23. The maximum absolute atomic E-state index is 4.29. The Morgan fingerprint density at radius 2 is 2.19 bits per heavy atom. The van der Waals surface area contributed by atoms with Gasteiger partial charge < -0.3 is 0 Å². The predicted molar refractivity (Wildman–Crippen MR) is 60.9 cm³/mol. The third-order valence-electron chi connectivity index (χ3n) is 2.52. The number of nitrogens with one attached hydrogen (secondary N) is 1. The van der Waals surface area contributed by atoms with Crippen LogP contribution >= 0.6 is 0 Å². The lowest BCUT2D eigenvalue weighted by Gasteiger charge is -2.00. The van der Waals surface area contributed by atoms with Gasteiger partial charge in [0.25, 0.3) is 0 Å². The van der Waals surface area contributed by atoms with E-state index in [-0.39, 0.29) is 0 Å². The summed E-state index contributed by atoms with van der Waals surface area (Å²) in [5, 5.41) is 11.6. The van der Waals surface area contributed by atoms with E-state index in [0.717, 1.165) is 23.0 Å². The molecule has 2 heterocycles. The Balaban J connectivity index is 1.99. The predicted octanol–water partition coefficient (Wildman–Crippen LogP) is 1.94. The summed E-state index contributed by atoms with van der Waals surface area (Å²) in [5.41, 5.74) is 3.18. The zero-order chi connectivity index (χ0) is 10.8. The highest BCUT2D eigenvalue weighted by Crippen LogP contribution is 2.15. The van der Waals surface area contributed by atoms with Gasteiger partial charge in [0.05, 0.1) is 17.4 Å². The van der Waals surface area contributed by atoms with E-state index >= 15 is 0 Å². The van der Waals surface area contributed by atoms with Gasteiger partial charge in [-0.25, -0.2) is 0 Å². The standard InChI is InChI=1S/C12H10N4/c1-2-10-6-9(3-4-12(10)13-5-1)7-11-8-14-16-15-11/h1-6,8H,7H2,(H,14,15,16). The maximum atomic E-state index is 4.29. The first-order chi connectivity index (χ1) is 7.92. The van der Waals surface area contributed by atoms with Crippen LogP contribution in [0.4, 0.5) is 0 Å². The molecule has 0 saturated heterocycles. The van der Waals surface area contributed by atoms with Gasteiger partial charge in [-0.1, -0.05) is 12.1 Å². The molecule has 78 valence electrons. The quantitative estimate of drug-likeness (QED) is 0.703. The Morgan fingerprint density at radius 3 is 3.06 bits per heavy atom. The summed E-state index contributed by atoms with van der Waals surface area (Å²) in [6.45, 7) is 0. The van der Waals surface area contributed by atoms with E-state index in [1.54, 1.807) is 12.4 Å². The summed E-state index contributed by atoms with van der Waals surface area (Å²) in [4.78, 5) is 4.29. The van der Waals surface area contributed by atoms with Crippen molar-refractivity contribution in [2.45, 2.75) is 6.42 Å². The third kappa shape index (κ3) is 1.65. The van der Waals surface area contributed by atoms with Gasteiger partial charge in [-0.15, -0.1) is 0 Å². The second kappa shape index (κ2) is 3.73. The summed E-state index contributed by atoms with van der Waals surface area (Å²) < 4.78 is 0. The van der Waals surface area contributed by atoms with Crippen molar-refractivity contribution < 1.29 is 0 Å². The highest BCUT2D eigenvalue weighted by molar-refractivity contribution is 5.78. The molecule has 1 aromatic carbocycles. The zero-order valence-electron chi connectivity index (χ0n) is 8.59. The number of pyridine rings is 1. The Labute approximate surface area is 92.3 Å². The molecule has 0 amide bonds. The minimum atomic E-state index is 0.793. The number of nitrogens with zero attached hydrogens (tertiary/aromatic N) is 3. The summed E-state index contributed by atoms with van der Waals surface area (Å²) in [5.74, 6) is 0. The first-order valence-electron chi connectivity index (χ1n) is 5.10. The van der Waals surface area contributed by atoms with Crippen molar-refractivity contribution in [2.75, 3.05) is 0 Å². The normalized spacial score (nSPS) is 10.8. The van der Waals surface area contributed by atoms with Crippen LogP contribution in [0.5, 0.6) is 0 Å². The van der Waals surface area contributed by atoms with Gasteiger partial charge in [-0.2, -0.15) is 15.4 Å². The lowest BCUT2D eigenvalue weighted by molar-refractivity contribution is 0.915. The fraction of sp³-hybridized carbons (Fsp3) is 0.0833. The molecule has 0 atom stereocenters. The first kappa shape index (κ1) is 9.03. The summed E-state index contributed by atoms with van der Waals surface area (Å²) in [6.07, 6.45) is 4.34. The molecular formula is C12H10N4. The van der Waals surface area contributed by atoms with Gasteiger partial charge in [0.1, 0.15) is 0 Å². The van der Waals surface area contributed by atoms with E-state index in [1.165, 1.54) is 5.56 Å². The molecule has 0 saturated carbocycles. The van der Waals surface area contributed by atoms with Crippen LogP contribution in [0.3, 0.4) is 0 Å². The molecule has 3 rings (SSSR count). The van der Waals surface area contributed by atoms with Crippen molar-refractivity contribution >= 4 is 10.9 Å². The van der Waals surface area contributed by atoms with Crippen LogP contribution in [-0.4, -0.2) is 20.4 Å². The molecule has 1 N–H and O–H groups in total. The van der Waals surface area contributed by atoms with E-state index in [0.29, 0.717) is 0 Å². The molecule has 0 fully saturated rings. The number of aromatic nitrogens is 4. The Morgan fingerprint density at radius 1 is 1.19 bits per heavy atom. The molecule has 0 spiro atoms. The Bertz CT molecular complexity index is 601. The van der Waals surface area contributed by atoms with Crippen LogP contribution in [0.15, 0.2) is 42.7 Å². The lowest BCUT2D eigenvalue weighted by atomic mass is 10.1. The zero-order valence-corrected chi connectivity index (χ0v) is 8.59. The third-order valence-corrected chi connectivity index (χ3v) is 2.52. The molecule has 4 nitrogen and oxygen atoms in total. The molecule has 4 heteroatoms. The van der Waals surface area contributed by atoms with Gasteiger partial charge in [0.2, 0.25) is 0 Å². The van der Waals surface area contributed by atoms with Crippen LogP contribution < -0.4 is 0 Å². The van der Waals surface area contributed by atoms with E-state index in [9.17, 15) is 0 Å². The van der Waals surface area contributed by atoms with Crippen LogP contribution in [0.1, 0.15) is 11.3 Å². The number of hydrogen-bond donors (Lipinski definition) is 1. The maximum Gasteiger partial charge on any atom is 0.0868 e. The average Bonchev–Trinajstić information content (AvgIpc) is 2.82. The first-order valence-corrected chi connectivity index (χ1v) is 5.10. The number of aromatic amines is 1. The fourth-order valence-corrected chi connectivity index (χ4v) is 1.75. The lowest BCUT2D eigenvalue weighted by Crippen LogP contribution is -1.89. The number of rotatable bonds is 2. The second-order valence-corrected chi connectivity index (χ2v) is 3.67. The highest BCUT2D eigenvalue weighted by Gasteiger charge is 2.00. The number of fused-ring (bicyclic) bond motifs is 1. The van der Waals surface area contributed by atoms with E-state index in [1.807, 2.05) is 12.1 Å². The topological polar surface area (TPSA) is 54.5 Å². The Kier molecular flexibility index (Phi) is 2.11. The van der Waals surface area contributed by atoms with Crippen molar-refractivity contribution in [3.8, 4) is 0 Å². The van der Waals surface area contributed by atoms with Crippen molar-refractivity contribution in [3.05, 3.63) is 54.0 Å². The number of H-pyrrole nitrogens is 1. The average molecular weight is 210 g/mol. The number of benzene rings is 1.